The van der Waals surface area contributed by atoms with E-state index >= 15 is 0 Å². The summed E-state index contributed by atoms with van der Waals surface area (Å²) < 4.78 is 5.78. The van der Waals surface area contributed by atoms with E-state index in [0.29, 0.717) is 6.54 Å². The minimum absolute atomic E-state index is 0.469. The Morgan fingerprint density at radius 2 is 1.86 bits per heavy atom. The first-order chi connectivity index (χ1) is 10.7. The van der Waals surface area contributed by atoms with Gasteiger partial charge in [-0.05, 0) is 42.7 Å². The maximum absolute atomic E-state index is 10.3. The lowest BCUT2D eigenvalue weighted by atomic mass is 10.2. The quantitative estimate of drug-likeness (QED) is 0.738. The third-order valence-electron chi connectivity index (χ3n) is 2.97. The lowest BCUT2D eigenvalue weighted by molar-refractivity contribution is 0.194. The van der Waals surface area contributed by atoms with Crippen LogP contribution >= 0.6 is 0 Å². The van der Waals surface area contributed by atoms with Crippen molar-refractivity contribution in [2.75, 3.05) is 6.54 Å². The normalized spacial score (nSPS) is 10.5. The molecule has 0 spiro atoms. The van der Waals surface area contributed by atoms with Crippen LogP contribution in [0.25, 0.3) is 6.08 Å². The molecule has 0 radical (unpaired) electrons. The number of hydrogen-bond donors (Lipinski definition) is 2. The lowest BCUT2D eigenvalue weighted by Crippen LogP contribution is -2.21. The van der Waals surface area contributed by atoms with Crippen molar-refractivity contribution in [2.24, 2.45) is 0 Å². The van der Waals surface area contributed by atoms with Crippen LogP contribution in [-0.2, 0) is 0 Å². The number of carbonyl (C=O) groups is 1. The van der Waals surface area contributed by atoms with Gasteiger partial charge in [0.15, 0.2) is 0 Å². The van der Waals surface area contributed by atoms with Gasteiger partial charge in [-0.3, -0.25) is 0 Å². The van der Waals surface area contributed by atoms with Crippen molar-refractivity contribution < 1.29 is 14.6 Å². The average Bonchev–Trinajstić information content (AvgIpc) is 2.52. The molecule has 0 heterocycles. The molecule has 0 saturated carbocycles. The number of carboxylic acid groups (broad SMARTS) is 1. The van der Waals surface area contributed by atoms with Crippen LogP contribution in [0.15, 0.2) is 60.7 Å². The zero-order valence-electron chi connectivity index (χ0n) is 12.2. The van der Waals surface area contributed by atoms with E-state index in [1.54, 1.807) is 0 Å². The maximum atomic E-state index is 10.3. The molecule has 114 valence electrons. The van der Waals surface area contributed by atoms with Crippen LogP contribution in [0.5, 0.6) is 11.5 Å². The minimum atomic E-state index is -0.977. The highest BCUT2D eigenvalue weighted by molar-refractivity contribution is 5.64. The number of para-hydroxylation sites is 1. The molecule has 0 saturated heterocycles. The van der Waals surface area contributed by atoms with Crippen LogP contribution in [0, 0.1) is 0 Å². The number of hydrogen-bond acceptors (Lipinski definition) is 2. The fourth-order valence-corrected chi connectivity index (χ4v) is 1.94. The number of ether oxygens (including phenoxy) is 1. The molecule has 2 N–H and O–H groups in total. The Labute approximate surface area is 130 Å². The second kappa shape index (κ2) is 8.52. The molecule has 0 atom stereocenters. The minimum Gasteiger partial charge on any atom is -0.465 e. The molecule has 0 aromatic heterocycles. The van der Waals surface area contributed by atoms with Crippen LogP contribution in [0.3, 0.4) is 0 Å². The van der Waals surface area contributed by atoms with Crippen molar-refractivity contribution in [1.29, 1.82) is 0 Å². The van der Waals surface area contributed by atoms with Gasteiger partial charge in [0, 0.05) is 6.54 Å². The largest absolute Gasteiger partial charge is 0.465 e. The van der Waals surface area contributed by atoms with Gasteiger partial charge < -0.3 is 15.2 Å². The van der Waals surface area contributed by atoms with E-state index in [9.17, 15) is 4.79 Å². The van der Waals surface area contributed by atoms with Crippen molar-refractivity contribution in [3.05, 3.63) is 66.2 Å². The van der Waals surface area contributed by atoms with E-state index in [4.69, 9.17) is 9.84 Å². The third kappa shape index (κ3) is 5.71. The summed E-state index contributed by atoms with van der Waals surface area (Å²) in [6, 6.07) is 17.5. The number of allylic oxidation sites excluding steroid dienone is 1. The molecular formula is C18H19NO3. The van der Waals surface area contributed by atoms with Crippen LogP contribution in [0.4, 0.5) is 4.79 Å². The molecule has 4 nitrogen and oxygen atoms in total. The highest BCUT2D eigenvalue weighted by Crippen LogP contribution is 2.22. The van der Waals surface area contributed by atoms with Crippen molar-refractivity contribution in [3.63, 3.8) is 0 Å². The molecule has 0 bridgehead atoms. The Hall–Kier alpha value is -2.75. The Morgan fingerprint density at radius 3 is 2.64 bits per heavy atom. The standard InChI is InChI=1S/C18H19NO3/c20-18(21)19-13-6-2-3-8-15-9-7-12-17(14-15)22-16-10-4-1-5-11-16/h1,3-5,7-12,14,19H,2,6,13H2,(H,20,21). The Balaban J connectivity index is 1.84. The van der Waals surface area contributed by atoms with Crippen LogP contribution in [0.2, 0.25) is 0 Å². The van der Waals surface area contributed by atoms with Gasteiger partial charge in [0.05, 0.1) is 0 Å². The molecule has 0 unspecified atom stereocenters. The number of benzene rings is 2. The summed E-state index contributed by atoms with van der Waals surface area (Å²) in [5, 5.41) is 10.8. The SMILES string of the molecule is O=C(O)NCCCC=Cc1cccc(Oc2ccccc2)c1. The summed E-state index contributed by atoms with van der Waals surface area (Å²) in [5.41, 5.74) is 1.06. The molecule has 0 aliphatic heterocycles. The molecule has 2 rings (SSSR count). The molecule has 0 aliphatic rings. The van der Waals surface area contributed by atoms with E-state index in [1.807, 2.05) is 66.7 Å². The van der Waals surface area contributed by atoms with Gasteiger partial charge in [0.25, 0.3) is 0 Å². The molecule has 1 amide bonds. The zero-order chi connectivity index (χ0) is 15.6. The van der Waals surface area contributed by atoms with Crippen molar-refractivity contribution >= 4 is 12.2 Å². The highest BCUT2D eigenvalue weighted by atomic mass is 16.5. The summed E-state index contributed by atoms with van der Waals surface area (Å²) in [6.45, 7) is 0.469. The molecule has 4 heteroatoms. The number of rotatable bonds is 7. The van der Waals surface area contributed by atoms with Gasteiger partial charge in [-0.2, -0.15) is 0 Å². The van der Waals surface area contributed by atoms with E-state index in [1.165, 1.54) is 0 Å². The highest BCUT2D eigenvalue weighted by Gasteiger charge is 1.97. The third-order valence-corrected chi connectivity index (χ3v) is 2.97. The number of amides is 1. The van der Waals surface area contributed by atoms with Gasteiger partial charge in [0.1, 0.15) is 11.5 Å². The van der Waals surface area contributed by atoms with Gasteiger partial charge in [0.2, 0.25) is 0 Å². The molecule has 0 fully saturated rings. The monoisotopic (exact) mass is 297 g/mol. The average molecular weight is 297 g/mol. The Kier molecular flexibility index (Phi) is 6.05. The summed E-state index contributed by atoms with van der Waals surface area (Å²) in [6.07, 6.45) is 4.67. The topological polar surface area (TPSA) is 58.6 Å². The smallest absolute Gasteiger partial charge is 0.404 e. The summed E-state index contributed by atoms with van der Waals surface area (Å²) in [4.78, 5) is 10.3. The van der Waals surface area contributed by atoms with Gasteiger partial charge >= 0.3 is 6.09 Å². The van der Waals surface area contributed by atoms with Crippen molar-refractivity contribution in [2.45, 2.75) is 12.8 Å². The van der Waals surface area contributed by atoms with Crippen LogP contribution in [0.1, 0.15) is 18.4 Å². The van der Waals surface area contributed by atoms with Crippen molar-refractivity contribution in [1.82, 2.24) is 5.32 Å². The fraction of sp³-hybridized carbons (Fsp3) is 0.167. The lowest BCUT2D eigenvalue weighted by Gasteiger charge is -2.05. The van der Waals surface area contributed by atoms with E-state index < -0.39 is 6.09 Å². The maximum Gasteiger partial charge on any atom is 0.404 e. The molecule has 22 heavy (non-hydrogen) atoms. The molecule has 0 aliphatic carbocycles. The van der Waals surface area contributed by atoms with Gasteiger partial charge in [-0.15, -0.1) is 0 Å². The number of nitrogens with one attached hydrogen (secondary N) is 1. The zero-order valence-corrected chi connectivity index (χ0v) is 12.2. The number of unbranched alkanes of at least 4 members (excludes halogenated alkanes) is 1. The van der Waals surface area contributed by atoms with Gasteiger partial charge in [-0.25, -0.2) is 4.79 Å². The Bertz CT molecular complexity index is 623. The second-order valence-electron chi connectivity index (χ2n) is 4.76. The van der Waals surface area contributed by atoms with E-state index in [-0.39, 0.29) is 0 Å². The first kappa shape index (κ1) is 15.6. The second-order valence-corrected chi connectivity index (χ2v) is 4.76. The summed E-state index contributed by atoms with van der Waals surface area (Å²) in [5.74, 6) is 1.60. The molecule has 2 aromatic carbocycles. The Morgan fingerprint density at radius 1 is 1.09 bits per heavy atom. The first-order valence-corrected chi connectivity index (χ1v) is 7.20. The van der Waals surface area contributed by atoms with Crippen molar-refractivity contribution in [3.8, 4) is 11.5 Å². The van der Waals surface area contributed by atoms with E-state index in [0.717, 1.165) is 29.9 Å². The predicted octanol–water partition coefficient (Wildman–Crippen LogP) is 4.54. The summed E-state index contributed by atoms with van der Waals surface area (Å²) >= 11 is 0. The molecule has 2 aromatic rings. The fourth-order valence-electron chi connectivity index (χ4n) is 1.94. The first-order valence-electron chi connectivity index (χ1n) is 7.20. The summed E-state index contributed by atoms with van der Waals surface area (Å²) in [7, 11) is 0. The molecular weight excluding hydrogens is 278 g/mol. The van der Waals surface area contributed by atoms with Crippen LogP contribution in [-0.4, -0.2) is 17.7 Å². The van der Waals surface area contributed by atoms with Crippen LogP contribution < -0.4 is 10.1 Å². The van der Waals surface area contributed by atoms with Gasteiger partial charge in [-0.1, -0.05) is 42.5 Å². The predicted molar refractivity (Wildman–Crippen MR) is 87.3 cm³/mol. The van der Waals surface area contributed by atoms with E-state index in [2.05, 4.69) is 5.32 Å².